The monoisotopic (exact) mass is 270 g/mol. The van der Waals surface area contributed by atoms with Crippen LogP contribution in [0.5, 0.6) is 0 Å². The molecular weight excluding hydrogens is 248 g/mol. The van der Waals surface area contributed by atoms with Crippen LogP contribution in [0.3, 0.4) is 0 Å². The summed E-state index contributed by atoms with van der Waals surface area (Å²) in [6, 6.07) is 8.00. The summed E-state index contributed by atoms with van der Waals surface area (Å²) in [6.45, 7) is 1.94. The second kappa shape index (κ2) is 5.12. The SMILES string of the molecule is c1cc2c(c(N=C3OCC4CCCCN34)c1)CCCC2. The van der Waals surface area contributed by atoms with E-state index in [0.717, 1.165) is 24.9 Å². The largest absolute Gasteiger partial charge is 0.463 e. The van der Waals surface area contributed by atoms with Crippen molar-refractivity contribution in [2.24, 2.45) is 4.99 Å². The lowest BCUT2D eigenvalue weighted by atomic mass is 9.90. The summed E-state index contributed by atoms with van der Waals surface area (Å²) in [5.74, 6) is 0. The topological polar surface area (TPSA) is 24.8 Å². The van der Waals surface area contributed by atoms with Crippen LogP contribution < -0.4 is 0 Å². The van der Waals surface area contributed by atoms with Crippen LogP contribution in [0.2, 0.25) is 0 Å². The van der Waals surface area contributed by atoms with Gasteiger partial charge in [-0.2, -0.15) is 4.99 Å². The summed E-state index contributed by atoms with van der Waals surface area (Å²) in [5.41, 5.74) is 4.09. The Morgan fingerprint density at radius 3 is 3.05 bits per heavy atom. The van der Waals surface area contributed by atoms with Crippen LogP contribution in [0.4, 0.5) is 5.69 Å². The Labute approximate surface area is 120 Å². The highest BCUT2D eigenvalue weighted by molar-refractivity contribution is 5.80. The molecule has 1 atom stereocenters. The molecule has 0 spiro atoms. The van der Waals surface area contributed by atoms with E-state index in [1.165, 1.54) is 56.1 Å². The summed E-state index contributed by atoms with van der Waals surface area (Å²) in [6.07, 6.45) is 8.85. The van der Waals surface area contributed by atoms with Crippen molar-refractivity contribution in [3.8, 4) is 0 Å². The Morgan fingerprint density at radius 2 is 2.05 bits per heavy atom. The van der Waals surface area contributed by atoms with Crippen molar-refractivity contribution in [3.63, 3.8) is 0 Å². The van der Waals surface area contributed by atoms with Crippen molar-refractivity contribution in [2.75, 3.05) is 13.2 Å². The van der Waals surface area contributed by atoms with E-state index in [-0.39, 0.29) is 0 Å². The van der Waals surface area contributed by atoms with E-state index in [1.54, 1.807) is 0 Å². The highest BCUT2D eigenvalue weighted by atomic mass is 16.5. The molecule has 0 bridgehead atoms. The molecule has 2 saturated heterocycles. The minimum absolute atomic E-state index is 0.571. The van der Waals surface area contributed by atoms with Crippen LogP contribution in [0.1, 0.15) is 43.2 Å². The van der Waals surface area contributed by atoms with Gasteiger partial charge in [0.1, 0.15) is 6.61 Å². The maximum Gasteiger partial charge on any atom is 0.293 e. The first kappa shape index (κ1) is 12.2. The minimum atomic E-state index is 0.571. The van der Waals surface area contributed by atoms with E-state index in [1.807, 2.05) is 0 Å². The minimum Gasteiger partial charge on any atom is -0.463 e. The van der Waals surface area contributed by atoms with Crippen molar-refractivity contribution in [3.05, 3.63) is 29.3 Å². The van der Waals surface area contributed by atoms with Gasteiger partial charge >= 0.3 is 0 Å². The van der Waals surface area contributed by atoms with E-state index in [4.69, 9.17) is 9.73 Å². The van der Waals surface area contributed by atoms with Gasteiger partial charge in [0.05, 0.1) is 11.7 Å². The molecule has 1 aromatic rings. The van der Waals surface area contributed by atoms with Crippen LogP contribution in [-0.2, 0) is 17.6 Å². The number of fused-ring (bicyclic) bond motifs is 2. The Bertz CT molecular complexity index is 538. The predicted molar refractivity (Wildman–Crippen MR) is 80.5 cm³/mol. The normalized spacial score (nSPS) is 27.1. The zero-order chi connectivity index (χ0) is 13.4. The number of rotatable bonds is 1. The van der Waals surface area contributed by atoms with Crippen LogP contribution >= 0.6 is 0 Å². The molecule has 1 aliphatic carbocycles. The fourth-order valence-corrected chi connectivity index (χ4v) is 3.74. The first-order valence-corrected chi connectivity index (χ1v) is 8.01. The molecule has 2 aliphatic heterocycles. The van der Waals surface area contributed by atoms with E-state index < -0.39 is 0 Å². The lowest BCUT2D eigenvalue weighted by Gasteiger charge is -2.28. The molecule has 3 aliphatic rings. The van der Waals surface area contributed by atoms with Gasteiger partial charge in [-0.15, -0.1) is 0 Å². The van der Waals surface area contributed by atoms with Gasteiger partial charge in [-0.05, 0) is 62.1 Å². The Morgan fingerprint density at radius 1 is 1.10 bits per heavy atom. The highest BCUT2D eigenvalue weighted by Crippen LogP contribution is 2.31. The quantitative estimate of drug-likeness (QED) is 0.781. The van der Waals surface area contributed by atoms with Gasteiger partial charge in [0.2, 0.25) is 0 Å². The molecule has 0 saturated carbocycles. The average Bonchev–Trinajstić information content (AvgIpc) is 2.91. The number of amidine groups is 1. The molecule has 1 unspecified atom stereocenters. The molecule has 3 nitrogen and oxygen atoms in total. The number of aliphatic imine (C=N–C) groups is 1. The zero-order valence-corrected chi connectivity index (χ0v) is 12.0. The Kier molecular flexibility index (Phi) is 3.13. The summed E-state index contributed by atoms with van der Waals surface area (Å²) in [7, 11) is 0. The number of nitrogens with zero attached hydrogens (tertiary/aromatic N) is 2. The van der Waals surface area contributed by atoms with Gasteiger partial charge in [-0.1, -0.05) is 12.1 Å². The molecule has 20 heavy (non-hydrogen) atoms. The summed E-state index contributed by atoms with van der Waals surface area (Å²) >= 11 is 0. The number of benzene rings is 1. The molecule has 3 heteroatoms. The molecule has 4 rings (SSSR count). The number of hydrogen-bond donors (Lipinski definition) is 0. The third kappa shape index (κ3) is 2.09. The molecule has 2 fully saturated rings. The third-order valence-electron chi connectivity index (χ3n) is 4.86. The molecule has 0 aromatic heterocycles. The standard InChI is InChI=1S/C17H22N2O/c1-2-9-15-13(6-1)7-5-10-16(15)18-17-19-11-4-3-8-14(19)12-20-17/h5,7,10,14H,1-4,6,8-9,11-12H2. The van der Waals surface area contributed by atoms with E-state index >= 15 is 0 Å². The molecule has 106 valence electrons. The van der Waals surface area contributed by atoms with Crippen molar-refractivity contribution in [1.82, 2.24) is 4.90 Å². The fourth-order valence-electron chi connectivity index (χ4n) is 3.74. The molecule has 0 N–H and O–H groups in total. The van der Waals surface area contributed by atoms with Crippen molar-refractivity contribution in [1.29, 1.82) is 0 Å². The summed E-state index contributed by atoms with van der Waals surface area (Å²) < 4.78 is 5.87. The second-order valence-corrected chi connectivity index (χ2v) is 6.17. The molecule has 1 aromatic carbocycles. The maximum absolute atomic E-state index is 5.87. The smallest absolute Gasteiger partial charge is 0.293 e. The summed E-state index contributed by atoms with van der Waals surface area (Å²) in [4.78, 5) is 7.26. The van der Waals surface area contributed by atoms with Gasteiger partial charge in [0.25, 0.3) is 6.02 Å². The van der Waals surface area contributed by atoms with E-state index in [2.05, 4.69) is 23.1 Å². The van der Waals surface area contributed by atoms with Crippen molar-refractivity contribution >= 4 is 11.7 Å². The Hall–Kier alpha value is -1.51. The van der Waals surface area contributed by atoms with Crippen LogP contribution in [-0.4, -0.2) is 30.1 Å². The summed E-state index contributed by atoms with van der Waals surface area (Å²) in [5, 5.41) is 0. The molecule has 2 heterocycles. The molecule has 0 amide bonds. The van der Waals surface area contributed by atoms with Crippen molar-refractivity contribution < 1.29 is 4.74 Å². The van der Waals surface area contributed by atoms with Crippen molar-refractivity contribution in [2.45, 2.75) is 51.0 Å². The van der Waals surface area contributed by atoms with Gasteiger partial charge < -0.3 is 9.64 Å². The van der Waals surface area contributed by atoms with Crippen LogP contribution in [0.25, 0.3) is 0 Å². The van der Waals surface area contributed by atoms with Gasteiger partial charge in [-0.25, -0.2) is 0 Å². The predicted octanol–water partition coefficient (Wildman–Crippen LogP) is 3.44. The second-order valence-electron chi connectivity index (χ2n) is 6.17. The zero-order valence-electron chi connectivity index (χ0n) is 12.0. The van der Waals surface area contributed by atoms with E-state index in [0.29, 0.717) is 6.04 Å². The molecular formula is C17H22N2O. The number of ether oxygens (including phenoxy) is 1. The lowest BCUT2D eigenvalue weighted by molar-refractivity contribution is 0.256. The van der Waals surface area contributed by atoms with Crippen LogP contribution in [0.15, 0.2) is 23.2 Å². The maximum atomic E-state index is 5.87. The van der Waals surface area contributed by atoms with Gasteiger partial charge in [0, 0.05) is 6.54 Å². The first-order valence-electron chi connectivity index (χ1n) is 8.01. The first-order chi connectivity index (χ1) is 9.92. The van der Waals surface area contributed by atoms with Gasteiger partial charge in [-0.3, -0.25) is 0 Å². The van der Waals surface area contributed by atoms with Gasteiger partial charge in [0.15, 0.2) is 0 Å². The number of hydrogen-bond acceptors (Lipinski definition) is 2. The average molecular weight is 270 g/mol. The highest BCUT2D eigenvalue weighted by Gasteiger charge is 2.33. The third-order valence-corrected chi connectivity index (χ3v) is 4.86. The number of aryl methyl sites for hydroxylation is 1. The Balaban J connectivity index is 1.66. The molecule has 0 radical (unpaired) electrons. The van der Waals surface area contributed by atoms with Crippen LogP contribution in [0, 0.1) is 0 Å². The lowest BCUT2D eigenvalue weighted by Crippen LogP contribution is -2.38. The number of piperidine rings is 1. The fraction of sp³-hybridized carbons (Fsp3) is 0.588. The van der Waals surface area contributed by atoms with E-state index in [9.17, 15) is 0 Å².